The van der Waals surface area contributed by atoms with Gasteiger partial charge in [0, 0.05) is 19.1 Å². The van der Waals surface area contributed by atoms with Crippen LogP contribution in [0.25, 0.3) is 0 Å². The van der Waals surface area contributed by atoms with E-state index in [1.807, 2.05) is 0 Å². The molecule has 0 N–H and O–H groups in total. The summed E-state index contributed by atoms with van der Waals surface area (Å²) in [5.74, 6) is 0. The second-order valence-corrected chi connectivity index (χ2v) is 3.52. The van der Waals surface area contributed by atoms with Crippen LogP contribution >= 0.6 is 0 Å². The highest BCUT2D eigenvalue weighted by atomic mass is 15.1. The van der Waals surface area contributed by atoms with Crippen LogP contribution in [0.4, 0.5) is 0 Å². The second-order valence-electron chi connectivity index (χ2n) is 3.52. The molecule has 0 aliphatic rings. The van der Waals surface area contributed by atoms with Gasteiger partial charge < -0.3 is 4.90 Å². The minimum Gasteiger partial charge on any atom is -0.378 e. The molecule has 0 aliphatic carbocycles. The van der Waals surface area contributed by atoms with Crippen molar-refractivity contribution >= 4 is 0 Å². The summed E-state index contributed by atoms with van der Waals surface area (Å²) in [5.41, 5.74) is 0. The van der Waals surface area contributed by atoms with Gasteiger partial charge in [-0.1, -0.05) is 19.9 Å². The largest absolute Gasteiger partial charge is 0.378 e. The van der Waals surface area contributed by atoms with E-state index in [2.05, 4.69) is 56.7 Å². The number of nitrogens with zero attached hydrogens (tertiary/aromatic N) is 2. The third-order valence-corrected chi connectivity index (χ3v) is 2.78. The molecule has 0 aromatic carbocycles. The molecule has 2 nitrogen and oxygen atoms in total. The first kappa shape index (κ1) is 13.5. The van der Waals surface area contributed by atoms with E-state index < -0.39 is 0 Å². The molecule has 0 heterocycles. The maximum absolute atomic E-state index is 2.44. The summed E-state index contributed by atoms with van der Waals surface area (Å²) >= 11 is 0. The molecule has 2 heteroatoms. The topological polar surface area (TPSA) is 6.48 Å². The van der Waals surface area contributed by atoms with Crippen LogP contribution in [0.3, 0.4) is 0 Å². The lowest BCUT2D eigenvalue weighted by Gasteiger charge is -2.24. The van der Waals surface area contributed by atoms with Crippen LogP contribution in [-0.4, -0.2) is 42.0 Å². The van der Waals surface area contributed by atoms with Crippen molar-refractivity contribution in [2.45, 2.75) is 40.7 Å². The van der Waals surface area contributed by atoms with Gasteiger partial charge in [0.1, 0.15) is 0 Å². The summed E-state index contributed by atoms with van der Waals surface area (Å²) in [7, 11) is 0. The zero-order chi connectivity index (χ0) is 11.0. The Balaban J connectivity index is 4.06. The second kappa shape index (κ2) is 7.86. The average Bonchev–Trinajstić information content (AvgIpc) is 2.21. The summed E-state index contributed by atoms with van der Waals surface area (Å²) in [6.07, 6.45) is 4.52. The predicted molar refractivity (Wildman–Crippen MR) is 64.4 cm³/mol. The first-order valence-electron chi connectivity index (χ1n) is 5.85. The monoisotopic (exact) mass is 198 g/mol. The van der Waals surface area contributed by atoms with E-state index in [9.17, 15) is 0 Å². The van der Waals surface area contributed by atoms with E-state index in [4.69, 9.17) is 0 Å². The maximum Gasteiger partial charge on any atom is 0.0266 e. The van der Waals surface area contributed by atoms with Crippen molar-refractivity contribution in [1.82, 2.24) is 9.80 Å². The molecule has 84 valence electrons. The fraction of sp³-hybridized carbons (Fsp3) is 0.833. The predicted octanol–water partition coefficient (Wildman–Crippen LogP) is 2.57. The van der Waals surface area contributed by atoms with E-state index in [1.165, 1.54) is 0 Å². The number of rotatable bonds is 7. The Kier molecular flexibility index (Phi) is 7.58. The molecule has 0 saturated heterocycles. The van der Waals surface area contributed by atoms with E-state index in [0.717, 1.165) is 26.2 Å². The summed E-state index contributed by atoms with van der Waals surface area (Å²) in [6.45, 7) is 15.5. The van der Waals surface area contributed by atoms with Crippen LogP contribution in [0.1, 0.15) is 34.6 Å². The first-order valence-corrected chi connectivity index (χ1v) is 5.85. The Hall–Kier alpha value is -0.500. The van der Waals surface area contributed by atoms with E-state index in [-0.39, 0.29) is 0 Å². The number of likely N-dealkylation sites (N-methyl/N-ethyl adjacent to an activating group) is 1. The molecule has 0 aliphatic heterocycles. The highest BCUT2D eigenvalue weighted by Gasteiger charge is 2.05. The molecule has 0 radical (unpaired) electrons. The smallest absolute Gasteiger partial charge is 0.0266 e. The van der Waals surface area contributed by atoms with E-state index >= 15 is 0 Å². The minimum absolute atomic E-state index is 0.547. The van der Waals surface area contributed by atoms with Crippen LogP contribution in [0.15, 0.2) is 12.3 Å². The van der Waals surface area contributed by atoms with Gasteiger partial charge in [0.2, 0.25) is 0 Å². The van der Waals surface area contributed by atoms with Crippen molar-refractivity contribution < 1.29 is 0 Å². The molecule has 0 aromatic rings. The van der Waals surface area contributed by atoms with Gasteiger partial charge in [-0.05, 0) is 40.1 Å². The van der Waals surface area contributed by atoms with E-state index in [1.54, 1.807) is 0 Å². The third kappa shape index (κ3) is 4.66. The number of hydrogen-bond acceptors (Lipinski definition) is 2. The Morgan fingerprint density at radius 2 is 1.43 bits per heavy atom. The summed E-state index contributed by atoms with van der Waals surface area (Å²) < 4.78 is 0. The van der Waals surface area contributed by atoms with E-state index in [0.29, 0.717) is 6.04 Å². The first-order chi connectivity index (χ1) is 6.69. The highest BCUT2D eigenvalue weighted by Crippen LogP contribution is 2.01. The van der Waals surface area contributed by atoms with Crippen LogP contribution in [0, 0.1) is 0 Å². The molecular formula is C12H26N2. The van der Waals surface area contributed by atoms with Gasteiger partial charge in [0.15, 0.2) is 0 Å². The lowest BCUT2D eigenvalue weighted by Crippen LogP contribution is -2.31. The van der Waals surface area contributed by atoms with Gasteiger partial charge in [-0.2, -0.15) is 0 Å². The molecule has 1 unspecified atom stereocenters. The standard InChI is InChI=1S/C12H26N2/c1-6-13(7-2)11-10-12(5)14(8-3)9-4/h10-12H,6-9H2,1-5H3/b11-10+. The Labute approximate surface area is 89.6 Å². The van der Waals surface area contributed by atoms with Crippen molar-refractivity contribution in [3.8, 4) is 0 Å². The van der Waals surface area contributed by atoms with Crippen LogP contribution in [-0.2, 0) is 0 Å². The summed E-state index contributed by atoms with van der Waals surface area (Å²) in [6, 6.07) is 0.547. The molecule has 0 aromatic heterocycles. The van der Waals surface area contributed by atoms with Crippen LogP contribution in [0.2, 0.25) is 0 Å². The van der Waals surface area contributed by atoms with Gasteiger partial charge in [-0.25, -0.2) is 0 Å². The molecule has 0 saturated carbocycles. The van der Waals surface area contributed by atoms with Gasteiger partial charge in [0.05, 0.1) is 0 Å². The average molecular weight is 198 g/mol. The van der Waals surface area contributed by atoms with Crippen molar-refractivity contribution in [1.29, 1.82) is 0 Å². The molecule has 1 atom stereocenters. The molecule has 0 rings (SSSR count). The SMILES string of the molecule is CCN(/C=C/C(C)N(CC)CC)CC. The van der Waals surface area contributed by atoms with Crippen molar-refractivity contribution in [2.24, 2.45) is 0 Å². The molecule has 0 bridgehead atoms. The Bertz CT molecular complexity index is 146. The zero-order valence-electron chi connectivity index (χ0n) is 10.5. The molecule has 0 amide bonds. The summed E-state index contributed by atoms with van der Waals surface area (Å²) in [5, 5.41) is 0. The quantitative estimate of drug-likeness (QED) is 0.620. The van der Waals surface area contributed by atoms with Gasteiger partial charge in [-0.3, -0.25) is 4.90 Å². The van der Waals surface area contributed by atoms with Gasteiger partial charge in [-0.15, -0.1) is 0 Å². The van der Waals surface area contributed by atoms with Crippen LogP contribution < -0.4 is 0 Å². The molecular weight excluding hydrogens is 172 g/mol. The fourth-order valence-corrected chi connectivity index (χ4v) is 1.60. The zero-order valence-corrected chi connectivity index (χ0v) is 10.5. The number of hydrogen-bond donors (Lipinski definition) is 0. The lowest BCUT2D eigenvalue weighted by atomic mass is 10.2. The Morgan fingerprint density at radius 1 is 0.929 bits per heavy atom. The molecule has 14 heavy (non-hydrogen) atoms. The van der Waals surface area contributed by atoms with Gasteiger partial charge in [0.25, 0.3) is 0 Å². The lowest BCUT2D eigenvalue weighted by molar-refractivity contribution is 0.265. The fourth-order valence-electron chi connectivity index (χ4n) is 1.60. The highest BCUT2D eigenvalue weighted by molar-refractivity contribution is 4.91. The summed E-state index contributed by atoms with van der Waals surface area (Å²) in [4.78, 5) is 4.76. The molecule has 0 spiro atoms. The Morgan fingerprint density at radius 3 is 1.79 bits per heavy atom. The van der Waals surface area contributed by atoms with Gasteiger partial charge >= 0.3 is 0 Å². The minimum atomic E-state index is 0.547. The molecule has 0 fully saturated rings. The van der Waals surface area contributed by atoms with Crippen molar-refractivity contribution in [3.63, 3.8) is 0 Å². The third-order valence-electron chi connectivity index (χ3n) is 2.78. The van der Waals surface area contributed by atoms with Crippen molar-refractivity contribution in [2.75, 3.05) is 26.2 Å². The normalized spacial score (nSPS) is 13.9. The van der Waals surface area contributed by atoms with Crippen molar-refractivity contribution in [3.05, 3.63) is 12.3 Å². The van der Waals surface area contributed by atoms with Crippen LogP contribution in [0.5, 0.6) is 0 Å². The maximum atomic E-state index is 2.44.